The number of hydrogen-bond donors (Lipinski definition) is 1. The molecule has 2 saturated heterocycles. The van der Waals surface area contributed by atoms with Crippen LogP contribution in [0.1, 0.15) is 31.2 Å². The number of alkyl halides is 3. The number of benzene rings is 1. The van der Waals surface area contributed by atoms with E-state index in [1.165, 1.54) is 0 Å². The third kappa shape index (κ3) is 7.35. The van der Waals surface area contributed by atoms with Crippen molar-refractivity contribution in [1.29, 1.82) is 0 Å². The van der Waals surface area contributed by atoms with Crippen LogP contribution >= 0.6 is 23.2 Å². The Morgan fingerprint density at radius 3 is 2.27 bits per heavy atom. The van der Waals surface area contributed by atoms with E-state index in [2.05, 4.69) is 4.90 Å². The molecule has 6 nitrogen and oxygen atoms in total. The number of hydrogen-bond acceptors (Lipinski definition) is 5. The van der Waals surface area contributed by atoms with Gasteiger partial charge in [0.1, 0.15) is 11.9 Å². The molecule has 0 bridgehead atoms. The highest BCUT2D eigenvalue weighted by molar-refractivity contribution is 7.90. The Hall–Kier alpha value is -0.780. The molecule has 0 amide bonds. The zero-order chi connectivity index (χ0) is 24.2. The quantitative estimate of drug-likeness (QED) is 0.541. The van der Waals surface area contributed by atoms with Gasteiger partial charge >= 0.3 is 15.5 Å². The largest absolute Gasteiger partial charge is 0.511 e. The number of rotatable bonds is 8. The van der Waals surface area contributed by atoms with E-state index in [1.807, 2.05) is 17.9 Å². The number of likely N-dealkylation sites (tertiary alicyclic amines) is 2. The molecule has 33 heavy (non-hydrogen) atoms. The van der Waals surface area contributed by atoms with E-state index in [9.17, 15) is 21.6 Å². The Labute approximate surface area is 203 Å². The number of sulfonamides is 1. The molecule has 0 radical (unpaired) electrons. The second-order valence-electron chi connectivity index (χ2n) is 8.73. The van der Waals surface area contributed by atoms with Gasteiger partial charge in [0.2, 0.25) is 0 Å². The molecule has 0 atom stereocenters. The van der Waals surface area contributed by atoms with Gasteiger partial charge < -0.3 is 14.5 Å². The van der Waals surface area contributed by atoms with Crippen LogP contribution in [0.25, 0.3) is 0 Å². The van der Waals surface area contributed by atoms with Gasteiger partial charge in [-0.05, 0) is 63.7 Å². The van der Waals surface area contributed by atoms with Crippen molar-refractivity contribution in [3.63, 3.8) is 0 Å². The fourth-order valence-electron chi connectivity index (χ4n) is 4.33. The highest BCUT2D eigenvalue weighted by Crippen LogP contribution is 2.33. The molecule has 12 heteroatoms. The molecular weight excluding hydrogens is 502 g/mol. The Morgan fingerprint density at radius 2 is 1.67 bits per heavy atom. The minimum Gasteiger partial charge on any atom is -0.490 e. The van der Waals surface area contributed by atoms with Crippen molar-refractivity contribution in [2.24, 2.45) is 5.92 Å². The summed E-state index contributed by atoms with van der Waals surface area (Å²) in [6, 6.07) is 3.61. The van der Waals surface area contributed by atoms with Gasteiger partial charge in [0.05, 0.1) is 10.0 Å². The number of ether oxygens (including phenoxy) is 1. The lowest BCUT2D eigenvalue weighted by molar-refractivity contribution is -0.0448. The predicted octanol–water partition coefficient (Wildman–Crippen LogP) is 4.30. The van der Waals surface area contributed by atoms with Gasteiger partial charge in [-0.2, -0.15) is 13.2 Å². The summed E-state index contributed by atoms with van der Waals surface area (Å²) >= 11 is 12.3. The molecule has 0 aromatic heterocycles. The van der Waals surface area contributed by atoms with Gasteiger partial charge in [-0.1, -0.05) is 23.2 Å². The molecule has 0 aliphatic carbocycles. The molecule has 0 spiro atoms. The zero-order valence-corrected chi connectivity index (χ0v) is 20.8. The lowest BCUT2D eigenvalue weighted by atomic mass is 9.95. The Balaban J connectivity index is 1.34. The summed E-state index contributed by atoms with van der Waals surface area (Å²) in [7, 11) is -5.27. The molecule has 0 unspecified atom stereocenters. The first kappa shape index (κ1) is 26.8. The minimum absolute atomic E-state index is 0.138. The molecule has 1 aromatic carbocycles. The smallest absolute Gasteiger partial charge is 0.490 e. The fourth-order valence-corrected chi connectivity index (χ4v) is 5.21. The summed E-state index contributed by atoms with van der Waals surface area (Å²) in [4.78, 5) is 4.45. The number of halogens is 5. The van der Waals surface area contributed by atoms with Crippen LogP contribution in [0.5, 0.6) is 5.75 Å². The Bertz CT molecular complexity index is 902. The van der Waals surface area contributed by atoms with Crippen molar-refractivity contribution >= 4 is 33.2 Å². The lowest BCUT2D eigenvalue weighted by Gasteiger charge is -2.37. The molecule has 3 rings (SSSR count). The Morgan fingerprint density at radius 1 is 1.06 bits per heavy atom. The first-order valence-corrected chi connectivity index (χ1v) is 13.3. The number of nitrogens with one attached hydrogen (secondary N) is 1. The molecule has 1 aromatic rings. The monoisotopic (exact) mass is 531 g/mol. The third-order valence-electron chi connectivity index (χ3n) is 6.37. The third-order valence-corrected chi connectivity index (χ3v) is 8.46. The summed E-state index contributed by atoms with van der Waals surface area (Å²) in [6.07, 6.45) is 3.89. The maximum Gasteiger partial charge on any atom is 0.511 e. The van der Waals surface area contributed by atoms with Gasteiger partial charge in [0, 0.05) is 38.3 Å². The first-order valence-electron chi connectivity index (χ1n) is 11.1. The van der Waals surface area contributed by atoms with Crippen molar-refractivity contribution in [2.45, 2.75) is 44.2 Å². The molecule has 2 fully saturated rings. The molecule has 0 saturated carbocycles. The maximum absolute atomic E-state index is 12.4. The second-order valence-corrected chi connectivity index (χ2v) is 11.3. The van der Waals surface area contributed by atoms with E-state index in [0.29, 0.717) is 16.0 Å². The molecule has 2 aliphatic heterocycles. The van der Waals surface area contributed by atoms with E-state index < -0.39 is 15.5 Å². The highest BCUT2D eigenvalue weighted by Gasteiger charge is 2.45. The highest BCUT2D eigenvalue weighted by atomic mass is 35.5. The van der Waals surface area contributed by atoms with Gasteiger partial charge in [0.15, 0.2) is 0 Å². The SMILES string of the molecule is Cc1c(OC2CCN(CC3CCN(CCNS(=O)(=O)C(F)(F)F)CC3)CC2)ccc(Cl)c1Cl. The average Bonchev–Trinajstić information content (AvgIpc) is 2.76. The topological polar surface area (TPSA) is 61.9 Å². The number of nitrogens with zero attached hydrogens (tertiary/aromatic N) is 2. The normalized spacial score (nSPS) is 20.3. The summed E-state index contributed by atoms with van der Waals surface area (Å²) in [5.41, 5.74) is -4.41. The zero-order valence-electron chi connectivity index (χ0n) is 18.5. The second kappa shape index (κ2) is 11.3. The van der Waals surface area contributed by atoms with Crippen LogP contribution < -0.4 is 9.46 Å². The predicted molar refractivity (Wildman–Crippen MR) is 123 cm³/mol. The van der Waals surface area contributed by atoms with Crippen LogP contribution in [0.15, 0.2) is 12.1 Å². The summed E-state index contributed by atoms with van der Waals surface area (Å²) in [5.74, 6) is 1.30. The van der Waals surface area contributed by atoms with Crippen LogP contribution in [-0.4, -0.2) is 75.6 Å². The lowest BCUT2D eigenvalue weighted by Crippen LogP contribution is -2.45. The van der Waals surface area contributed by atoms with Gasteiger partial charge in [-0.3, -0.25) is 0 Å². The van der Waals surface area contributed by atoms with Crippen LogP contribution in [0.3, 0.4) is 0 Å². The van der Waals surface area contributed by atoms with Gasteiger partial charge in [-0.25, -0.2) is 13.1 Å². The summed E-state index contributed by atoms with van der Waals surface area (Å²) in [5, 5.41) is 1.04. The molecule has 188 valence electrons. The fraction of sp³-hybridized carbons (Fsp3) is 0.714. The minimum atomic E-state index is -5.27. The van der Waals surface area contributed by atoms with E-state index in [1.54, 1.807) is 10.8 Å². The van der Waals surface area contributed by atoms with Crippen molar-refractivity contribution < 1.29 is 26.3 Å². The molecule has 1 N–H and O–H groups in total. The van der Waals surface area contributed by atoms with Crippen molar-refractivity contribution in [2.75, 3.05) is 45.8 Å². The molecule has 2 aliphatic rings. The van der Waals surface area contributed by atoms with Crippen LogP contribution in [0.2, 0.25) is 10.0 Å². The number of piperidine rings is 2. The van der Waals surface area contributed by atoms with E-state index in [0.717, 1.165) is 69.7 Å². The first-order chi connectivity index (χ1) is 15.5. The van der Waals surface area contributed by atoms with E-state index >= 15 is 0 Å². The maximum atomic E-state index is 12.4. The van der Waals surface area contributed by atoms with Crippen molar-refractivity contribution in [3.05, 3.63) is 27.7 Å². The summed E-state index contributed by atoms with van der Waals surface area (Å²) < 4.78 is 67.0. The van der Waals surface area contributed by atoms with Crippen molar-refractivity contribution in [3.8, 4) is 5.75 Å². The molecule has 2 heterocycles. The van der Waals surface area contributed by atoms with Gasteiger partial charge in [-0.15, -0.1) is 0 Å². The van der Waals surface area contributed by atoms with Crippen molar-refractivity contribution in [1.82, 2.24) is 14.5 Å². The standard InChI is InChI=1S/C21H30Cl2F3N3O3S/c1-15-19(3-2-18(22)20(15)23)32-17-6-11-29(12-7-17)14-16-4-9-28(10-5-16)13-8-27-33(30,31)21(24,25)26/h2-3,16-17,27H,4-14H2,1H3. The van der Waals surface area contributed by atoms with Gasteiger partial charge in [0.25, 0.3) is 0 Å². The van der Waals surface area contributed by atoms with Crippen LogP contribution in [0, 0.1) is 12.8 Å². The molecular formula is C21H30Cl2F3N3O3S. The van der Waals surface area contributed by atoms with E-state index in [4.69, 9.17) is 27.9 Å². The van der Waals surface area contributed by atoms with Crippen LogP contribution in [0.4, 0.5) is 13.2 Å². The Kier molecular flexibility index (Phi) is 9.19. The van der Waals surface area contributed by atoms with Crippen LogP contribution in [-0.2, 0) is 10.0 Å². The summed E-state index contributed by atoms with van der Waals surface area (Å²) in [6.45, 7) is 6.35. The van der Waals surface area contributed by atoms with E-state index in [-0.39, 0.29) is 19.2 Å². The average molecular weight is 532 g/mol.